The molecule has 1 aromatic heterocycles. The van der Waals surface area contributed by atoms with E-state index in [2.05, 4.69) is 22.5 Å². The number of ether oxygens (including phenoxy) is 1. The van der Waals surface area contributed by atoms with Gasteiger partial charge in [-0.2, -0.15) is 0 Å². The lowest BCUT2D eigenvalue weighted by atomic mass is 10.0. The highest BCUT2D eigenvalue weighted by Gasteiger charge is 2.27. The predicted octanol–water partition coefficient (Wildman–Crippen LogP) is 3.35. The first-order valence-corrected chi connectivity index (χ1v) is 10.3. The fourth-order valence-corrected chi connectivity index (χ4v) is 3.34. The summed E-state index contributed by atoms with van der Waals surface area (Å²) < 4.78 is 5.38. The number of anilines is 1. The third-order valence-electron chi connectivity index (χ3n) is 5.05. The van der Waals surface area contributed by atoms with Gasteiger partial charge in [0.2, 0.25) is 5.91 Å². The van der Waals surface area contributed by atoms with Crippen LogP contribution in [0.3, 0.4) is 0 Å². The molecule has 0 saturated heterocycles. The lowest BCUT2D eigenvalue weighted by molar-refractivity contribution is -0.156. The Hall–Kier alpha value is -3.61. The van der Waals surface area contributed by atoms with Crippen molar-refractivity contribution in [3.63, 3.8) is 0 Å². The lowest BCUT2D eigenvalue weighted by Crippen LogP contribution is -2.44. The van der Waals surface area contributed by atoms with Crippen LogP contribution in [0.25, 0.3) is 10.9 Å². The summed E-state index contributed by atoms with van der Waals surface area (Å²) in [5, 5.41) is 6.33. The quantitative estimate of drug-likeness (QED) is 0.486. The molecule has 31 heavy (non-hydrogen) atoms. The summed E-state index contributed by atoms with van der Waals surface area (Å²) in [7, 11) is 0. The molecular formula is C24H27N3O4. The zero-order chi connectivity index (χ0) is 22.4. The second-order valence-electron chi connectivity index (χ2n) is 7.44. The number of aryl methyl sites for hydroxylation is 1. The van der Waals surface area contributed by atoms with Crippen molar-refractivity contribution in [2.24, 2.45) is 0 Å². The molecule has 0 saturated carbocycles. The molecule has 2 aromatic carbocycles. The molecule has 0 radical (unpaired) electrons. The fourth-order valence-electron chi connectivity index (χ4n) is 3.34. The maximum Gasteiger partial charge on any atom is 0.329 e. The summed E-state index contributed by atoms with van der Waals surface area (Å²) in [5.41, 5.74) is 3.60. The largest absolute Gasteiger partial charge is 0.451 e. The molecule has 7 heteroatoms. The minimum absolute atomic E-state index is 0.245. The van der Waals surface area contributed by atoms with Gasteiger partial charge in [0.05, 0.1) is 0 Å². The highest BCUT2D eigenvalue weighted by molar-refractivity contribution is 5.96. The second-order valence-corrected chi connectivity index (χ2v) is 7.44. The number of nitrogens with one attached hydrogen (secondary N) is 3. The number of H-pyrrole nitrogens is 1. The van der Waals surface area contributed by atoms with Gasteiger partial charge in [0, 0.05) is 36.1 Å². The Labute approximate surface area is 181 Å². The Morgan fingerprint density at radius 3 is 2.45 bits per heavy atom. The van der Waals surface area contributed by atoms with Crippen LogP contribution in [0.2, 0.25) is 0 Å². The standard InChI is InChI=1S/C24H27N3O4/c1-4-17-9-11-19(12-10-17)27-23(29)15(2)31-24(30)22(26-16(3)28)13-18-14-25-21-8-6-5-7-20(18)21/h5-12,14-15,22,25H,4,13H2,1-3H3,(H,26,28)(H,27,29)/t15-,22-/m0/s1. The van der Waals surface area contributed by atoms with Gasteiger partial charge in [-0.3, -0.25) is 9.59 Å². The normalized spacial score (nSPS) is 12.7. The number of carbonyl (C=O) groups is 3. The van der Waals surface area contributed by atoms with E-state index in [4.69, 9.17) is 4.74 Å². The third kappa shape index (κ3) is 5.72. The van der Waals surface area contributed by atoms with Crippen molar-refractivity contribution in [3.8, 4) is 0 Å². The highest BCUT2D eigenvalue weighted by Crippen LogP contribution is 2.20. The summed E-state index contributed by atoms with van der Waals surface area (Å²) >= 11 is 0. The Morgan fingerprint density at radius 2 is 1.77 bits per heavy atom. The van der Waals surface area contributed by atoms with Crippen LogP contribution in [0.4, 0.5) is 5.69 Å². The molecular weight excluding hydrogens is 394 g/mol. The van der Waals surface area contributed by atoms with Gasteiger partial charge in [0.15, 0.2) is 6.10 Å². The monoisotopic (exact) mass is 421 g/mol. The predicted molar refractivity (Wildman–Crippen MR) is 120 cm³/mol. The minimum atomic E-state index is -1.02. The number of para-hydroxylation sites is 1. The van der Waals surface area contributed by atoms with E-state index in [1.165, 1.54) is 13.8 Å². The van der Waals surface area contributed by atoms with Crippen molar-refractivity contribution in [2.75, 3.05) is 5.32 Å². The van der Waals surface area contributed by atoms with E-state index in [0.717, 1.165) is 28.5 Å². The second kappa shape index (κ2) is 9.93. The van der Waals surface area contributed by atoms with Crippen LogP contribution >= 0.6 is 0 Å². The molecule has 2 amide bonds. The number of amides is 2. The molecule has 0 spiro atoms. The van der Waals surface area contributed by atoms with Crippen LogP contribution in [0.1, 0.15) is 31.9 Å². The van der Waals surface area contributed by atoms with Gasteiger partial charge < -0.3 is 20.4 Å². The molecule has 1 heterocycles. The van der Waals surface area contributed by atoms with Gasteiger partial charge in [0.25, 0.3) is 5.91 Å². The molecule has 3 N–H and O–H groups in total. The van der Waals surface area contributed by atoms with Crippen molar-refractivity contribution < 1.29 is 19.1 Å². The fraction of sp³-hybridized carbons (Fsp3) is 0.292. The SMILES string of the molecule is CCc1ccc(NC(=O)[C@H](C)OC(=O)[C@H](Cc2c[nH]c3ccccc23)NC(C)=O)cc1. The Kier molecular flexibility index (Phi) is 7.07. The number of hydrogen-bond donors (Lipinski definition) is 3. The number of fused-ring (bicyclic) bond motifs is 1. The van der Waals surface area contributed by atoms with Gasteiger partial charge in [-0.25, -0.2) is 4.79 Å². The summed E-state index contributed by atoms with van der Waals surface area (Å²) in [4.78, 5) is 40.0. The van der Waals surface area contributed by atoms with Gasteiger partial charge in [-0.05, 0) is 42.7 Å². The topological polar surface area (TPSA) is 100 Å². The van der Waals surface area contributed by atoms with Crippen LogP contribution in [0, 0.1) is 0 Å². The Balaban J connectivity index is 1.66. The van der Waals surface area contributed by atoms with E-state index in [1.54, 1.807) is 0 Å². The van der Waals surface area contributed by atoms with Gasteiger partial charge in [-0.1, -0.05) is 37.3 Å². The Bertz CT molecular complexity index is 1070. The maximum absolute atomic E-state index is 12.8. The van der Waals surface area contributed by atoms with E-state index in [0.29, 0.717) is 5.69 Å². The molecule has 0 aliphatic rings. The number of rotatable bonds is 8. The van der Waals surface area contributed by atoms with Crippen LogP contribution in [0.15, 0.2) is 54.7 Å². The average molecular weight is 421 g/mol. The number of benzene rings is 2. The molecule has 0 aliphatic heterocycles. The van der Waals surface area contributed by atoms with E-state index >= 15 is 0 Å². The molecule has 2 atom stereocenters. The zero-order valence-corrected chi connectivity index (χ0v) is 17.9. The number of aromatic amines is 1. The number of esters is 1. The lowest BCUT2D eigenvalue weighted by Gasteiger charge is -2.20. The third-order valence-corrected chi connectivity index (χ3v) is 5.05. The number of carbonyl (C=O) groups excluding carboxylic acids is 3. The van der Waals surface area contributed by atoms with Crippen molar-refractivity contribution in [1.82, 2.24) is 10.3 Å². The van der Waals surface area contributed by atoms with Crippen LogP contribution < -0.4 is 10.6 Å². The maximum atomic E-state index is 12.8. The molecule has 0 aliphatic carbocycles. The van der Waals surface area contributed by atoms with E-state index < -0.39 is 24.0 Å². The molecule has 0 bridgehead atoms. The van der Waals surface area contributed by atoms with Crippen LogP contribution in [-0.4, -0.2) is 34.9 Å². The summed E-state index contributed by atoms with van der Waals surface area (Å²) in [6, 6.07) is 14.3. The molecule has 3 aromatic rings. The van der Waals surface area contributed by atoms with Crippen molar-refractivity contribution in [1.29, 1.82) is 0 Å². The van der Waals surface area contributed by atoms with E-state index in [9.17, 15) is 14.4 Å². The summed E-state index contributed by atoms with van der Waals surface area (Å²) in [6.45, 7) is 4.90. The zero-order valence-electron chi connectivity index (χ0n) is 17.9. The van der Waals surface area contributed by atoms with E-state index in [1.807, 2.05) is 54.7 Å². The van der Waals surface area contributed by atoms with Crippen LogP contribution in [-0.2, 0) is 32.0 Å². The molecule has 3 rings (SSSR count). The molecule has 0 fully saturated rings. The molecule has 0 unspecified atom stereocenters. The average Bonchev–Trinajstić information content (AvgIpc) is 3.16. The van der Waals surface area contributed by atoms with E-state index in [-0.39, 0.29) is 12.3 Å². The first-order chi connectivity index (χ1) is 14.9. The Morgan fingerprint density at radius 1 is 1.06 bits per heavy atom. The summed E-state index contributed by atoms with van der Waals surface area (Å²) in [5.74, 6) is -1.45. The first kappa shape index (κ1) is 22.1. The minimum Gasteiger partial charge on any atom is -0.451 e. The smallest absolute Gasteiger partial charge is 0.329 e. The van der Waals surface area contributed by atoms with Crippen molar-refractivity contribution in [2.45, 2.75) is 45.8 Å². The summed E-state index contributed by atoms with van der Waals surface area (Å²) in [6.07, 6.45) is 1.94. The molecule has 162 valence electrons. The van der Waals surface area contributed by atoms with Crippen molar-refractivity contribution in [3.05, 3.63) is 65.9 Å². The first-order valence-electron chi connectivity index (χ1n) is 10.3. The number of aromatic nitrogens is 1. The van der Waals surface area contributed by atoms with Crippen LogP contribution in [0.5, 0.6) is 0 Å². The van der Waals surface area contributed by atoms with Crippen molar-refractivity contribution >= 4 is 34.4 Å². The van der Waals surface area contributed by atoms with Gasteiger partial charge >= 0.3 is 5.97 Å². The highest BCUT2D eigenvalue weighted by atomic mass is 16.5. The van der Waals surface area contributed by atoms with Gasteiger partial charge in [0.1, 0.15) is 6.04 Å². The van der Waals surface area contributed by atoms with Gasteiger partial charge in [-0.15, -0.1) is 0 Å². The molecule has 7 nitrogen and oxygen atoms in total. The number of hydrogen-bond acceptors (Lipinski definition) is 4.